The van der Waals surface area contributed by atoms with Crippen LogP contribution < -0.4 is 10.6 Å². The average molecular weight is 268 g/mol. The smallest absolute Gasteiger partial charge is 0.240 e. The SMILES string of the molecule is CCCC1(C(=O)NCC2CCC(O)CC2)CCCN1. The molecule has 0 spiro atoms. The minimum atomic E-state index is -0.303. The zero-order valence-corrected chi connectivity index (χ0v) is 12.1. The number of aliphatic hydroxyl groups is 1. The van der Waals surface area contributed by atoms with Crippen molar-refractivity contribution in [1.82, 2.24) is 10.6 Å². The summed E-state index contributed by atoms with van der Waals surface area (Å²) in [5, 5.41) is 16.1. The molecule has 0 aromatic heterocycles. The molecule has 1 saturated heterocycles. The van der Waals surface area contributed by atoms with Gasteiger partial charge < -0.3 is 15.7 Å². The van der Waals surface area contributed by atoms with E-state index in [4.69, 9.17) is 0 Å². The normalized spacial score (nSPS) is 35.3. The van der Waals surface area contributed by atoms with Crippen molar-refractivity contribution < 1.29 is 9.90 Å². The van der Waals surface area contributed by atoms with E-state index >= 15 is 0 Å². The molecule has 2 aliphatic rings. The second-order valence-corrected chi connectivity index (χ2v) is 6.25. The third-order valence-electron chi connectivity index (χ3n) is 4.72. The number of hydrogen-bond acceptors (Lipinski definition) is 3. The third-order valence-corrected chi connectivity index (χ3v) is 4.72. The van der Waals surface area contributed by atoms with E-state index in [2.05, 4.69) is 17.6 Å². The van der Waals surface area contributed by atoms with Gasteiger partial charge in [0.05, 0.1) is 11.6 Å². The Kier molecular flexibility index (Phi) is 5.22. The second-order valence-electron chi connectivity index (χ2n) is 6.25. The van der Waals surface area contributed by atoms with Crippen LogP contribution >= 0.6 is 0 Å². The van der Waals surface area contributed by atoms with Gasteiger partial charge in [0.25, 0.3) is 0 Å². The molecule has 1 unspecified atom stereocenters. The van der Waals surface area contributed by atoms with Gasteiger partial charge in [0.1, 0.15) is 0 Å². The highest BCUT2D eigenvalue weighted by molar-refractivity contribution is 5.86. The van der Waals surface area contributed by atoms with Crippen LogP contribution in [0.4, 0.5) is 0 Å². The zero-order chi connectivity index (χ0) is 13.7. The maximum Gasteiger partial charge on any atom is 0.240 e. The van der Waals surface area contributed by atoms with E-state index in [0.717, 1.165) is 64.5 Å². The molecule has 1 atom stereocenters. The fourth-order valence-corrected chi connectivity index (χ4v) is 3.51. The summed E-state index contributed by atoms with van der Waals surface area (Å²) in [5.74, 6) is 0.741. The standard InChI is InChI=1S/C15H28N2O2/c1-2-8-15(9-3-10-17-15)14(19)16-11-12-4-6-13(18)7-5-12/h12-13,17-18H,2-11H2,1H3,(H,16,19). The molecule has 110 valence electrons. The summed E-state index contributed by atoms with van der Waals surface area (Å²) in [6, 6.07) is 0. The minimum absolute atomic E-state index is 0.116. The number of amides is 1. The van der Waals surface area contributed by atoms with Gasteiger partial charge in [-0.25, -0.2) is 0 Å². The lowest BCUT2D eigenvalue weighted by Crippen LogP contribution is -2.54. The molecule has 4 nitrogen and oxygen atoms in total. The summed E-state index contributed by atoms with van der Waals surface area (Å²) in [7, 11) is 0. The molecule has 0 aromatic carbocycles. The summed E-state index contributed by atoms with van der Waals surface area (Å²) in [6.07, 6.45) is 7.77. The highest BCUT2D eigenvalue weighted by Gasteiger charge is 2.39. The first-order valence-electron chi connectivity index (χ1n) is 7.87. The fourth-order valence-electron chi connectivity index (χ4n) is 3.51. The Hall–Kier alpha value is -0.610. The van der Waals surface area contributed by atoms with Gasteiger partial charge in [-0.05, 0) is 57.4 Å². The Labute approximate surface area is 116 Å². The van der Waals surface area contributed by atoms with Crippen LogP contribution in [0.3, 0.4) is 0 Å². The van der Waals surface area contributed by atoms with Crippen LogP contribution in [0.5, 0.6) is 0 Å². The summed E-state index contributed by atoms with van der Waals surface area (Å²) in [5.41, 5.74) is -0.303. The van der Waals surface area contributed by atoms with Crippen molar-refractivity contribution in [2.75, 3.05) is 13.1 Å². The van der Waals surface area contributed by atoms with Crippen LogP contribution in [0.2, 0.25) is 0 Å². The average Bonchev–Trinajstić information content (AvgIpc) is 2.88. The van der Waals surface area contributed by atoms with Gasteiger partial charge >= 0.3 is 0 Å². The Morgan fingerprint density at radius 2 is 2.11 bits per heavy atom. The monoisotopic (exact) mass is 268 g/mol. The molecule has 1 aliphatic heterocycles. The van der Waals surface area contributed by atoms with E-state index in [9.17, 15) is 9.90 Å². The lowest BCUT2D eigenvalue weighted by Gasteiger charge is -2.30. The van der Waals surface area contributed by atoms with Crippen LogP contribution in [0.15, 0.2) is 0 Å². The topological polar surface area (TPSA) is 61.4 Å². The van der Waals surface area contributed by atoms with Gasteiger partial charge in [0, 0.05) is 6.54 Å². The van der Waals surface area contributed by atoms with Gasteiger partial charge in [-0.2, -0.15) is 0 Å². The van der Waals surface area contributed by atoms with E-state index in [1.165, 1.54) is 0 Å². The maximum atomic E-state index is 12.4. The van der Waals surface area contributed by atoms with Gasteiger partial charge in [0.2, 0.25) is 5.91 Å². The maximum absolute atomic E-state index is 12.4. The van der Waals surface area contributed by atoms with Crippen molar-refractivity contribution >= 4 is 5.91 Å². The van der Waals surface area contributed by atoms with Crippen LogP contribution in [0, 0.1) is 5.92 Å². The molecule has 2 rings (SSSR count). The summed E-state index contributed by atoms with van der Waals surface area (Å²) >= 11 is 0. The minimum Gasteiger partial charge on any atom is -0.393 e. The van der Waals surface area contributed by atoms with Crippen LogP contribution in [-0.4, -0.2) is 35.7 Å². The molecule has 19 heavy (non-hydrogen) atoms. The summed E-state index contributed by atoms with van der Waals surface area (Å²) in [6.45, 7) is 3.87. The summed E-state index contributed by atoms with van der Waals surface area (Å²) < 4.78 is 0. The van der Waals surface area contributed by atoms with Crippen LogP contribution in [0.25, 0.3) is 0 Å². The van der Waals surface area contributed by atoms with Crippen LogP contribution in [0.1, 0.15) is 58.3 Å². The molecule has 4 heteroatoms. The highest BCUT2D eigenvalue weighted by Crippen LogP contribution is 2.26. The largest absolute Gasteiger partial charge is 0.393 e. The van der Waals surface area contributed by atoms with E-state index in [1.807, 2.05) is 0 Å². The quantitative estimate of drug-likeness (QED) is 0.709. The molecule has 1 amide bonds. The first-order valence-corrected chi connectivity index (χ1v) is 7.87. The van der Waals surface area contributed by atoms with Gasteiger partial charge in [-0.15, -0.1) is 0 Å². The first-order chi connectivity index (χ1) is 9.16. The molecule has 1 saturated carbocycles. The number of nitrogens with one attached hydrogen (secondary N) is 2. The van der Waals surface area contributed by atoms with E-state index in [1.54, 1.807) is 0 Å². The second kappa shape index (κ2) is 6.71. The van der Waals surface area contributed by atoms with Crippen molar-refractivity contribution in [3.8, 4) is 0 Å². The number of carbonyl (C=O) groups excluding carboxylic acids is 1. The number of hydrogen-bond donors (Lipinski definition) is 3. The van der Waals surface area contributed by atoms with Gasteiger partial charge in [-0.1, -0.05) is 13.3 Å². The van der Waals surface area contributed by atoms with E-state index in [0.29, 0.717) is 5.92 Å². The van der Waals surface area contributed by atoms with E-state index < -0.39 is 0 Å². The van der Waals surface area contributed by atoms with Crippen molar-refractivity contribution in [3.05, 3.63) is 0 Å². The molecule has 0 aromatic rings. The van der Waals surface area contributed by atoms with Crippen molar-refractivity contribution in [3.63, 3.8) is 0 Å². The van der Waals surface area contributed by atoms with Gasteiger partial charge in [-0.3, -0.25) is 4.79 Å². The lowest BCUT2D eigenvalue weighted by atomic mass is 9.86. The Morgan fingerprint density at radius 3 is 2.68 bits per heavy atom. The summed E-state index contributed by atoms with van der Waals surface area (Å²) in [4.78, 5) is 12.4. The zero-order valence-electron chi connectivity index (χ0n) is 12.1. The molecule has 0 bridgehead atoms. The van der Waals surface area contributed by atoms with Gasteiger partial charge in [0.15, 0.2) is 0 Å². The van der Waals surface area contributed by atoms with E-state index in [-0.39, 0.29) is 17.6 Å². The van der Waals surface area contributed by atoms with Crippen molar-refractivity contribution in [2.45, 2.75) is 69.9 Å². The molecule has 0 radical (unpaired) electrons. The number of carbonyl (C=O) groups is 1. The number of aliphatic hydroxyl groups excluding tert-OH is 1. The molecular weight excluding hydrogens is 240 g/mol. The third kappa shape index (κ3) is 3.69. The van der Waals surface area contributed by atoms with Crippen molar-refractivity contribution in [2.24, 2.45) is 5.92 Å². The highest BCUT2D eigenvalue weighted by atomic mass is 16.3. The molecule has 1 aliphatic carbocycles. The predicted molar refractivity (Wildman–Crippen MR) is 75.9 cm³/mol. The Bertz CT molecular complexity index is 293. The fraction of sp³-hybridized carbons (Fsp3) is 0.933. The Morgan fingerprint density at radius 1 is 1.37 bits per heavy atom. The predicted octanol–water partition coefficient (Wildman–Crippen LogP) is 1.58. The molecule has 1 heterocycles. The lowest BCUT2D eigenvalue weighted by molar-refractivity contribution is -0.127. The molecule has 2 fully saturated rings. The first kappa shape index (κ1) is 14.8. The van der Waals surface area contributed by atoms with Crippen molar-refractivity contribution in [1.29, 1.82) is 0 Å². The number of rotatable bonds is 5. The molecule has 3 N–H and O–H groups in total. The molecular formula is C15H28N2O2. The Balaban J connectivity index is 1.79. The van der Waals surface area contributed by atoms with Crippen LogP contribution in [-0.2, 0) is 4.79 Å².